The molecule has 0 bridgehead atoms. The first-order valence-electron chi connectivity index (χ1n) is 6.52. The lowest BCUT2D eigenvalue weighted by Gasteiger charge is -2.14. The molecule has 108 valence electrons. The molecule has 1 unspecified atom stereocenters. The Labute approximate surface area is 116 Å². The molecule has 0 spiro atoms. The molecule has 1 aromatic rings. The summed E-state index contributed by atoms with van der Waals surface area (Å²) in [6, 6.07) is 4.20. The van der Waals surface area contributed by atoms with Crippen molar-refractivity contribution in [3.8, 4) is 0 Å². The summed E-state index contributed by atoms with van der Waals surface area (Å²) in [6.07, 6.45) is 0.761. The largest absolute Gasteiger partial charge is 0.385 e. The quantitative estimate of drug-likeness (QED) is 0.630. The molecule has 0 radical (unpaired) electrons. The lowest BCUT2D eigenvalue weighted by molar-refractivity contribution is -0.384. The van der Waals surface area contributed by atoms with Crippen molar-refractivity contribution in [3.05, 3.63) is 33.9 Å². The predicted molar refractivity (Wildman–Crippen MR) is 74.0 cm³/mol. The van der Waals surface area contributed by atoms with Gasteiger partial charge in [0.15, 0.2) is 0 Å². The maximum absolute atomic E-state index is 12.2. The molecule has 1 aromatic carbocycles. The average Bonchev–Trinajstić information content (AvgIpc) is 2.92. The summed E-state index contributed by atoms with van der Waals surface area (Å²) in [5, 5.41) is 16.7. The van der Waals surface area contributed by atoms with Gasteiger partial charge in [0.25, 0.3) is 11.6 Å². The molecule has 2 N–H and O–H groups in total. The van der Waals surface area contributed by atoms with Crippen molar-refractivity contribution in [1.82, 2.24) is 5.32 Å². The van der Waals surface area contributed by atoms with Crippen LogP contribution in [0.5, 0.6) is 0 Å². The van der Waals surface area contributed by atoms with Crippen molar-refractivity contribution >= 4 is 17.3 Å². The Bertz CT molecular complexity index is 512. The van der Waals surface area contributed by atoms with Crippen molar-refractivity contribution in [3.63, 3.8) is 0 Å². The zero-order valence-electron chi connectivity index (χ0n) is 11.2. The third kappa shape index (κ3) is 3.24. The Morgan fingerprint density at radius 2 is 2.35 bits per heavy atom. The minimum absolute atomic E-state index is 0.0313. The van der Waals surface area contributed by atoms with Crippen LogP contribution in [-0.2, 0) is 4.74 Å². The number of amides is 1. The molecule has 0 aromatic heterocycles. The number of nitrogens with zero attached hydrogens (tertiary/aromatic N) is 1. The van der Waals surface area contributed by atoms with Crippen molar-refractivity contribution in [2.45, 2.75) is 19.4 Å². The smallest absolute Gasteiger partial charge is 0.270 e. The van der Waals surface area contributed by atoms with E-state index in [4.69, 9.17) is 4.74 Å². The molecular weight excluding hydrogens is 262 g/mol. The van der Waals surface area contributed by atoms with Crippen molar-refractivity contribution in [2.75, 3.05) is 25.1 Å². The Balaban J connectivity index is 2.23. The number of carbonyl (C=O) groups excluding carboxylic acids is 1. The summed E-state index contributed by atoms with van der Waals surface area (Å²) >= 11 is 0. The fourth-order valence-electron chi connectivity index (χ4n) is 2.09. The summed E-state index contributed by atoms with van der Waals surface area (Å²) < 4.78 is 5.19. The molecule has 1 aliphatic rings. The second-order valence-corrected chi connectivity index (χ2v) is 4.55. The molecule has 0 aliphatic carbocycles. The van der Waals surface area contributed by atoms with E-state index in [-0.39, 0.29) is 23.2 Å². The minimum atomic E-state index is -0.509. The monoisotopic (exact) mass is 279 g/mol. The number of hydrogen-bond donors (Lipinski definition) is 2. The number of anilines is 1. The lowest BCUT2D eigenvalue weighted by Crippen LogP contribution is -2.35. The number of nitro benzene ring substituents is 1. The number of hydrogen-bond acceptors (Lipinski definition) is 5. The van der Waals surface area contributed by atoms with Gasteiger partial charge >= 0.3 is 0 Å². The van der Waals surface area contributed by atoms with Crippen molar-refractivity contribution in [2.24, 2.45) is 0 Å². The Morgan fingerprint density at radius 3 is 2.95 bits per heavy atom. The summed E-state index contributed by atoms with van der Waals surface area (Å²) in [5.41, 5.74) is 0.780. The normalized spacial score (nSPS) is 17.8. The SMILES string of the molecule is CCNc1ccc([N+](=O)[O-])cc1C(=O)NC1CCOC1. The fraction of sp³-hybridized carbons (Fsp3) is 0.462. The topological polar surface area (TPSA) is 93.5 Å². The highest BCUT2D eigenvalue weighted by atomic mass is 16.6. The Morgan fingerprint density at radius 1 is 1.55 bits per heavy atom. The number of benzene rings is 1. The van der Waals surface area contributed by atoms with E-state index in [1.807, 2.05) is 6.92 Å². The summed E-state index contributed by atoms with van der Waals surface area (Å²) in [7, 11) is 0. The first kappa shape index (κ1) is 14.3. The van der Waals surface area contributed by atoms with E-state index in [0.29, 0.717) is 25.4 Å². The molecule has 0 saturated carbocycles. The molecule has 20 heavy (non-hydrogen) atoms. The number of nitro groups is 1. The van der Waals surface area contributed by atoms with Gasteiger partial charge in [0.05, 0.1) is 23.1 Å². The van der Waals surface area contributed by atoms with Crippen LogP contribution in [0.1, 0.15) is 23.7 Å². The fourth-order valence-corrected chi connectivity index (χ4v) is 2.09. The third-order valence-corrected chi connectivity index (χ3v) is 3.09. The molecule has 1 saturated heterocycles. The standard InChI is InChI=1S/C13H17N3O4/c1-2-14-12-4-3-10(16(18)19)7-11(12)13(17)15-9-5-6-20-8-9/h3-4,7,9,14H,2,5-6,8H2,1H3,(H,15,17). The molecule has 2 rings (SSSR count). The Hall–Kier alpha value is -2.15. The zero-order valence-corrected chi connectivity index (χ0v) is 11.2. The van der Waals surface area contributed by atoms with Crippen LogP contribution in [0.15, 0.2) is 18.2 Å². The predicted octanol–water partition coefficient (Wildman–Crippen LogP) is 1.55. The van der Waals surface area contributed by atoms with E-state index < -0.39 is 4.92 Å². The van der Waals surface area contributed by atoms with E-state index in [0.717, 1.165) is 6.42 Å². The third-order valence-electron chi connectivity index (χ3n) is 3.09. The van der Waals surface area contributed by atoms with Crippen LogP contribution in [0, 0.1) is 10.1 Å². The van der Waals surface area contributed by atoms with Gasteiger partial charge in [-0.2, -0.15) is 0 Å². The van der Waals surface area contributed by atoms with Crippen LogP contribution in [0.3, 0.4) is 0 Å². The zero-order chi connectivity index (χ0) is 14.5. The number of non-ortho nitro benzene ring substituents is 1. The Kier molecular flexibility index (Phi) is 4.52. The highest BCUT2D eigenvalue weighted by Crippen LogP contribution is 2.22. The summed E-state index contributed by atoms with van der Waals surface area (Å²) in [6.45, 7) is 3.63. The van der Waals surface area contributed by atoms with E-state index in [1.54, 1.807) is 6.07 Å². The second kappa shape index (κ2) is 6.33. The van der Waals surface area contributed by atoms with E-state index >= 15 is 0 Å². The van der Waals surface area contributed by atoms with Crippen LogP contribution in [0.25, 0.3) is 0 Å². The molecule has 1 heterocycles. The summed E-state index contributed by atoms with van der Waals surface area (Å²) in [4.78, 5) is 22.6. The molecule has 1 atom stereocenters. The number of nitrogens with one attached hydrogen (secondary N) is 2. The molecule has 7 nitrogen and oxygen atoms in total. The molecule has 1 fully saturated rings. The van der Waals surface area contributed by atoms with Crippen LogP contribution in [0.4, 0.5) is 11.4 Å². The van der Waals surface area contributed by atoms with Gasteiger partial charge in [0, 0.05) is 31.0 Å². The highest BCUT2D eigenvalue weighted by molar-refractivity contribution is 6.00. The van der Waals surface area contributed by atoms with Gasteiger partial charge in [-0.25, -0.2) is 0 Å². The van der Waals surface area contributed by atoms with E-state index in [9.17, 15) is 14.9 Å². The maximum Gasteiger partial charge on any atom is 0.270 e. The van der Waals surface area contributed by atoms with Crippen molar-refractivity contribution in [1.29, 1.82) is 0 Å². The van der Waals surface area contributed by atoms with Gasteiger partial charge in [-0.1, -0.05) is 0 Å². The van der Waals surface area contributed by atoms with Gasteiger partial charge in [-0.3, -0.25) is 14.9 Å². The molecule has 7 heteroatoms. The number of carbonyl (C=O) groups is 1. The van der Waals surface area contributed by atoms with Crippen LogP contribution in [-0.4, -0.2) is 36.6 Å². The van der Waals surface area contributed by atoms with Crippen LogP contribution in [0.2, 0.25) is 0 Å². The van der Waals surface area contributed by atoms with Crippen LogP contribution >= 0.6 is 0 Å². The van der Waals surface area contributed by atoms with E-state index in [1.165, 1.54) is 12.1 Å². The van der Waals surface area contributed by atoms with Crippen LogP contribution < -0.4 is 10.6 Å². The van der Waals surface area contributed by atoms with Gasteiger partial charge in [-0.15, -0.1) is 0 Å². The number of rotatable bonds is 5. The summed E-state index contributed by atoms with van der Waals surface area (Å²) in [5.74, 6) is -0.319. The first-order valence-corrected chi connectivity index (χ1v) is 6.52. The molecular formula is C13H17N3O4. The highest BCUT2D eigenvalue weighted by Gasteiger charge is 2.22. The van der Waals surface area contributed by atoms with Crippen molar-refractivity contribution < 1.29 is 14.5 Å². The van der Waals surface area contributed by atoms with E-state index in [2.05, 4.69) is 10.6 Å². The maximum atomic E-state index is 12.2. The van der Waals surface area contributed by atoms with Gasteiger partial charge in [0.2, 0.25) is 0 Å². The van der Waals surface area contributed by atoms with Gasteiger partial charge in [0.1, 0.15) is 0 Å². The number of ether oxygens (including phenoxy) is 1. The minimum Gasteiger partial charge on any atom is -0.385 e. The second-order valence-electron chi connectivity index (χ2n) is 4.55. The molecule has 1 amide bonds. The average molecular weight is 279 g/mol. The molecule has 1 aliphatic heterocycles. The van der Waals surface area contributed by atoms with Gasteiger partial charge in [-0.05, 0) is 19.4 Å². The first-order chi connectivity index (χ1) is 9.61. The lowest BCUT2D eigenvalue weighted by atomic mass is 10.1. The van der Waals surface area contributed by atoms with Gasteiger partial charge < -0.3 is 15.4 Å².